The Labute approximate surface area is 147 Å². The van der Waals surface area contributed by atoms with Crippen LogP contribution >= 0.6 is 0 Å². The van der Waals surface area contributed by atoms with E-state index in [2.05, 4.69) is 15.0 Å². The van der Waals surface area contributed by atoms with Crippen LogP contribution in [0.1, 0.15) is 25.7 Å². The topological polar surface area (TPSA) is 71.3 Å². The lowest BCUT2D eigenvalue weighted by Gasteiger charge is -2.33. The number of hydrogen-bond acceptors (Lipinski definition) is 5. The zero-order valence-corrected chi connectivity index (χ0v) is 15.2. The standard InChI is InChI=1S/C16H22FN5O2S/c1-13(2)22-16(18-12-19-22)11-20-6-8-21(9-7-20)25(23,24)15-5-3-4-14(17)10-15/h3-5,10,12-13H,6-9,11H2,1-2H3. The molecule has 0 aliphatic carbocycles. The van der Waals surface area contributed by atoms with Gasteiger partial charge in [-0.2, -0.15) is 9.40 Å². The summed E-state index contributed by atoms with van der Waals surface area (Å²) in [6.45, 7) is 6.65. The second-order valence-corrected chi connectivity index (χ2v) is 8.29. The van der Waals surface area contributed by atoms with Gasteiger partial charge in [0, 0.05) is 32.2 Å². The van der Waals surface area contributed by atoms with E-state index in [1.54, 1.807) is 6.33 Å². The van der Waals surface area contributed by atoms with E-state index in [1.165, 1.54) is 22.5 Å². The van der Waals surface area contributed by atoms with Crippen molar-refractivity contribution in [3.8, 4) is 0 Å². The molecule has 0 saturated carbocycles. The van der Waals surface area contributed by atoms with Gasteiger partial charge in [-0.3, -0.25) is 4.90 Å². The maximum absolute atomic E-state index is 13.3. The SMILES string of the molecule is CC(C)n1ncnc1CN1CCN(S(=O)(=O)c2cccc(F)c2)CC1. The molecular weight excluding hydrogens is 345 g/mol. The highest BCUT2D eigenvalue weighted by Gasteiger charge is 2.29. The first-order valence-corrected chi connectivity index (χ1v) is 9.68. The van der Waals surface area contributed by atoms with E-state index in [0.717, 1.165) is 11.9 Å². The third-order valence-corrected chi connectivity index (χ3v) is 6.16. The molecule has 1 fully saturated rings. The van der Waals surface area contributed by atoms with Crippen LogP contribution in [0.4, 0.5) is 4.39 Å². The van der Waals surface area contributed by atoms with Crippen LogP contribution in [0.2, 0.25) is 0 Å². The molecule has 136 valence electrons. The van der Waals surface area contributed by atoms with Crippen LogP contribution in [0.15, 0.2) is 35.5 Å². The summed E-state index contributed by atoms with van der Waals surface area (Å²) in [5.74, 6) is 0.323. The molecule has 2 aromatic rings. The number of hydrogen-bond donors (Lipinski definition) is 0. The van der Waals surface area contributed by atoms with Crippen molar-refractivity contribution in [2.24, 2.45) is 0 Å². The van der Waals surface area contributed by atoms with Crippen LogP contribution in [0.3, 0.4) is 0 Å². The smallest absolute Gasteiger partial charge is 0.243 e. The fourth-order valence-electron chi connectivity index (χ4n) is 2.92. The summed E-state index contributed by atoms with van der Waals surface area (Å²) in [5.41, 5.74) is 0. The van der Waals surface area contributed by atoms with Gasteiger partial charge in [0.2, 0.25) is 10.0 Å². The molecular formula is C16H22FN5O2S. The van der Waals surface area contributed by atoms with Crippen molar-refractivity contribution < 1.29 is 12.8 Å². The van der Waals surface area contributed by atoms with E-state index in [0.29, 0.717) is 32.7 Å². The highest BCUT2D eigenvalue weighted by atomic mass is 32.2. The van der Waals surface area contributed by atoms with Crippen LogP contribution in [-0.4, -0.2) is 58.6 Å². The lowest BCUT2D eigenvalue weighted by Crippen LogP contribution is -2.48. The number of sulfonamides is 1. The summed E-state index contributed by atoms with van der Waals surface area (Å²) in [5, 5.41) is 4.22. The van der Waals surface area contributed by atoms with Crippen LogP contribution in [0, 0.1) is 5.82 Å². The minimum atomic E-state index is -3.66. The number of halogens is 1. The quantitative estimate of drug-likeness (QED) is 0.801. The van der Waals surface area contributed by atoms with Gasteiger partial charge in [-0.15, -0.1) is 0 Å². The van der Waals surface area contributed by atoms with Gasteiger partial charge >= 0.3 is 0 Å². The van der Waals surface area contributed by atoms with Crippen molar-refractivity contribution in [3.05, 3.63) is 42.2 Å². The van der Waals surface area contributed by atoms with Crippen molar-refractivity contribution in [2.75, 3.05) is 26.2 Å². The number of aromatic nitrogens is 3. The highest BCUT2D eigenvalue weighted by molar-refractivity contribution is 7.89. The Kier molecular flexibility index (Phi) is 5.16. The van der Waals surface area contributed by atoms with Crippen molar-refractivity contribution in [1.29, 1.82) is 0 Å². The Morgan fingerprint density at radius 3 is 2.56 bits per heavy atom. The van der Waals surface area contributed by atoms with Gasteiger partial charge < -0.3 is 0 Å². The summed E-state index contributed by atoms with van der Waals surface area (Å²) in [6, 6.07) is 5.37. The number of nitrogens with zero attached hydrogens (tertiary/aromatic N) is 5. The molecule has 0 N–H and O–H groups in total. The molecule has 0 atom stereocenters. The average molecular weight is 367 g/mol. The first kappa shape index (κ1) is 18.0. The van der Waals surface area contributed by atoms with Gasteiger partial charge in [-0.25, -0.2) is 22.5 Å². The Balaban J connectivity index is 1.64. The molecule has 0 bridgehead atoms. The monoisotopic (exact) mass is 367 g/mol. The fourth-order valence-corrected chi connectivity index (χ4v) is 4.38. The molecule has 25 heavy (non-hydrogen) atoms. The van der Waals surface area contributed by atoms with Gasteiger partial charge in [-0.05, 0) is 32.0 Å². The van der Waals surface area contributed by atoms with E-state index in [1.807, 2.05) is 18.5 Å². The van der Waals surface area contributed by atoms with E-state index >= 15 is 0 Å². The Bertz CT molecular complexity index is 829. The summed E-state index contributed by atoms with van der Waals surface area (Å²) in [7, 11) is -3.66. The van der Waals surface area contributed by atoms with Crippen LogP contribution in [-0.2, 0) is 16.6 Å². The zero-order valence-electron chi connectivity index (χ0n) is 14.3. The third-order valence-electron chi connectivity index (χ3n) is 4.27. The molecule has 0 unspecified atom stereocenters. The maximum atomic E-state index is 13.3. The minimum Gasteiger partial charge on any atom is -0.293 e. The summed E-state index contributed by atoms with van der Waals surface area (Å²) in [4.78, 5) is 6.45. The van der Waals surface area contributed by atoms with E-state index < -0.39 is 15.8 Å². The second-order valence-electron chi connectivity index (χ2n) is 6.35. The number of rotatable bonds is 5. The van der Waals surface area contributed by atoms with Crippen LogP contribution in [0.5, 0.6) is 0 Å². The lowest BCUT2D eigenvalue weighted by molar-refractivity contribution is 0.174. The Morgan fingerprint density at radius 1 is 1.20 bits per heavy atom. The molecule has 2 heterocycles. The predicted molar refractivity (Wildman–Crippen MR) is 90.8 cm³/mol. The van der Waals surface area contributed by atoms with Crippen LogP contribution < -0.4 is 0 Å². The van der Waals surface area contributed by atoms with E-state index in [4.69, 9.17) is 0 Å². The Morgan fingerprint density at radius 2 is 1.92 bits per heavy atom. The molecule has 1 saturated heterocycles. The summed E-state index contributed by atoms with van der Waals surface area (Å²) < 4.78 is 41.9. The number of piperazine rings is 1. The molecule has 9 heteroatoms. The normalized spacial score (nSPS) is 17.3. The highest BCUT2D eigenvalue weighted by Crippen LogP contribution is 2.19. The third kappa shape index (κ3) is 3.88. The van der Waals surface area contributed by atoms with Crippen molar-refractivity contribution in [2.45, 2.75) is 31.3 Å². The van der Waals surface area contributed by atoms with E-state index in [-0.39, 0.29) is 10.9 Å². The molecule has 0 radical (unpaired) electrons. The maximum Gasteiger partial charge on any atom is 0.243 e. The van der Waals surface area contributed by atoms with E-state index in [9.17, 15) is 12.8 Å². The average Bonchev–Trinajstić information content (AvgIpc) is 3.04. The van der Waals surface area contributed by atoms with Crippen molar-refractivity contribution in [1.82, 2.24) is 24.0 Å². The zero-order chi connectivity index (χ0) is 18.0. The van der Waals surface area contributed by atoms with Crippen molar-refractivity contribution >= 4 is 10.0 Å². The molecule has 1 aromatic heterocycles. The Hall–Kier alpha value is -1.84. The molecule has 3 rings (SSSR count). The molecule has 1 aromatic carbocycles. The largest absolute Gasteiger partial charge is 0.293 e. The van der Waals surface area contributed by atoms with Crippen LogP contribution in [0.25, 0.3) is 0 Å². The molecule has 1 aliphatic heterocycles. The van der Waals surface area contributed by atoms with Gasteiger partial charge in [0.05, 0.1) is 11.4 Å². The molecule has 1 aliphatic rings. The van der Waals surface area contributed by atoms with Crippen molar-refractivity contribution in [3.63, 3.8) is 0 Å². The molecule has 7 nitrogen and oxygen atoms in total. The first-order valence-electron chi connectivity index (χ1n) is 8.24. The summed E-state index contributed by atoms with van der Waals surface area (Å²) >= 11 is 0. The van der Waals surface area contributed by atoms with Gasteiger partial charge in [0.15, 0.2) is 0 Å². The molecule has 0 spiro atoms. The number of benzene rings is 1. The van der Waals surface area contributed by atoms with Gasteiger partial charge in [0.1, 0.15) is 18.0 Å². The lowest BCUT2D eigenvalue weighted by atomic mass is 10.3. The summed E-state index contributed by atoms with van der Waals surface area (Å²) in [6.07, 6.45) is 1.54. The second kappa shape index (κ2) is 7.19. The van der Waals surface area contributed by atoms with Gasteiger partial charge in [-0.1, -0.05) is 6.07 Å². The first-order chi connectivity index (χ1) is 11.9. The molecule has 0 amide bonds. The fraction of sp³-hybridized carbons (Fsp3) is 0.500. The predicted octanol–water partition coefficient (Wildman–Crippen LogP) is 1.50. The minimum absolute atomic E-state index is 0.000464. The van der Waals surface area contributed by atoms with Gasteiger partial charge in [0.25, 0.3) is 0 Å².